The minimum absolute atomic E-state index is 0.230. The molecule has 0 saturated heterocycles. The third-order valence-corrected chi connectivity index (χ3v) is 5.72. The van der Waals surface area contributed by atoms with Crippen molar-refractivity contribution in [3.05, 3.63) is 77.9 Å². The molecule has 0 aliphatic heterocycles. The Kier molecular flexibility index (Phi) is 5.65. The van der Waals surface area contributed by atoms with Crippen LogP contribution in [0.4, 0.5) is 0 Å². The number of benzene rings is 2. The fourth-order valence-electron chi connectivity index (χ4n) is 4.09. The highest BCUT2D eigenvalue weighted by Crippen LogP contribution is 2.37. The summed E-state index contributed by atoms with van der Waals surface area (Å²) in [5.74, 6) is 1.90. The number of rotatable bonds is 7. The van der Waals surface area contributed by atoms with Gasteiger partial charge < -0.3 is 14.0 Å². The van der Waals surface area contributed by atoms with Gasteiger partial charge in [0.1, 0.15) is 0 Å². The lowest BCUT2D eigenvalue weighted by molar-refractivity contribution is 0.200. The molecule has 1 aliphatic rings. The monoisotopic (exact) mass is 376 g/mol. The van der Waals surface area contributed by atoms with Crippen molar-refractivity contribution in [3.63, 3.8) is 0 Å². The minimum Gasteiger partial charge on any atom is -0.493 e. The smallest absolute Gasteiger partial charge is 0.161 e. The lowest BCUT2D eigenvalue weighted by atomic mass is 9.87. The summed E-state index contributed by atoms with van der Waals surface area (Å²) in [5.41, 5.74) is 3.74. The first kappa shape index (κ1) is 18.6. The summed E-state index contributed by atoms with van der Waals surface area (Å²) in [6.07, 6.45) is 9.76. The molecule has 1 atom stereocenters. The molecule has 1 aliphatic carbocycles. The second kappa shape index (κ2) is 8.51. The van der Waals surface area contributed by atoms with Crippen LogP contribution in [0, 0.1) is 0 Å². The molecular formula is C24H28N2O2. The average molecular weight is 377 g/mol. The molecule has 2 aromatic carbocycles. The van der Waals surface area contributed by atoms with Crippen molar-refractivity contribution in [3.8, 4) is 11.5 Å². The van der Waals surface area contributed by atoms with Crippen molar-refractivity contribution in [2.24, 2.45) is 7.05 Å². The third-order valence-electron chi connectivity index (χ3n) is 5.72. The zero-order chi connectivity index (χ0) is 19.3. The maximum atomic E-state index is 6.34. The molecule has 3 aromatic rings. The van der Waals surface area contributed by atoms with Gasteiger partial charge in [0.25, 0.3) is 0 Å². The molecule has 1 unspecified atom stereocenters. The normalized spacial score (nSPS) is 15.5. The maximum absolute atomic E-state index is 6.34. The van der Waals surface area contributed by atoms with Gasteiger partial charge in [0.2, 0.25) is 0 Å². The van der Waals surface area contributed by atoms with Gasteiger partial charge in [-0.15, -0.1) is 0 Å². The van der Waals surface area contributed by atoms with Gasteiger partial charge in [-0.3, -0.25) is 0 Å². The highest BCUT2D eigenvalue weighted by atomic mass is 16.5. The molecule has 0 radical (unpaired) electrons. The van der Waals surface area contributed by atoms with Crippen LogP contribution < -0.4 is 9.47 Å². The Morgan fingerprint density at radius 1 is 1.04 bits per heavy atom. The Morgan fingerprint density at radius 3 is 2.50 bits per heavy atom. The number of hydrogen-bond donors (Lipinski definition) is 0. The molecule has 1 fully saturated rings. The van der Waals surface area contributed by atoms with Gasteiger partial charge in [-0.1, -0.05) is 36.4 Å². The predicted octanol–water partition coefficient (Wildman–Crippen LogP) is 5.12. The van der Waals surface area contributed by atoms with E-state index in [2.05, 4.69) is 52.0 Å². The molecule has 1 heterocycles. The quantitative estimate of drug-likeness (QED) is 0.574. The molecule has 146 valence electrons. The first-order valence-electron chi connectivity index (χ1n) is 10.1. The Labute approximate surface area is 167 Å². The number of methoxy groups -OCH3 is 1. The Balaban J connectivity index is 1.69. The lowest BCUT2D eigenvalue weighted by Gasteiger charge is -2.22. The topological polar surface area (TPSA) is 36.3 Å². The van der Waals surface area contributed by atoms with Crippen LogP contribution in [0.3, 0.4) is 0 Å². The van der Waals surface area contributed by atoms with Crippen molar-refractivity contribution >= 4 is 0 Å². The van der Waals surface area contributed by atoms with Crippen LogP contribution in [0.2, 0.25) is 0 Å². The highest BCUT2D eigenvalue weighted by Gasteiger charge is 2.22. The number of imidazole rings is 1. The summed E-state index contributed by atoms with van der Waals surface area (Å²) in [6, 6.07) is 17.0. The van der Waals surface area contributed by atoms with E-state index in [-0.39, 0.29) is 5.92 Å². The van der Waals surface area contributed by atoms with Crippen molar-refractivity contribution in [2.45, 2.75) is 44.1 Å². The van der Waals surface area contributed by atoms with Crippen LogP contribution in [0.5, 0.6) is 11.5 Å². The van der Waals surface area contributed by atoms with Crippen LogP contribution in [-0.4, -0.2) is 22.8 Å². The van der Waals surface area contributed by atoms with Gasteiger partial charge in [-0.25, -0.2) is 4.98 Å². The zero-order valence-corrected chi connectivity index (χ0v) is 16.7. The van der Waals surface area contributed by atoms with Gasteiger partial charge in [0.05, 0.1) is 19.5 Å². The average Bonchev–Trinajstić information content (AvgIpc) is 3.38. The van der Waals surface area contributed by atoms with Crippen molar-refractivity contribution in [1.82, 2.24) is 9.55 Å². The van der Waals surface area contributed by atoms with Gasteiger partial charge in [-0.05, 0) is 48.9 Å². The first-order valence-corrected chi connectivity index (χ1v) is 10.1. The summed E-state index contributed by atoms with van der Waals surface area (Å²) in [6.45, 7) is 0. The predicted molar refractivity (Wildman–Crippen MR) is 111 cm³/mol. The maximum Gasteiger partial charge on any atom is 0.161 e. The second-order valence-corrected chi connectivity index (χ2v) is 7.60. The molecule has 4 rings (SSSR count). The van der Waals surface area contributed by atoms with E-state index < -0.39 is 0 Å². The van der Waals surface area contributed by atoms with E-state index in [1.54, 1.807) is 7.11 Å². The lowest BCUT2D eigenvalue weighted by Crippen LogP contribution is -2.13. The minimum atomic E-state index is 0.230. The summed E-state index contributed by atoms with van der Waals surface area (Å²) >= 11 is 0. The van der Waals surface area contributed by atoms with Crippen LogP contribution in [-0.2, 0) is 13.5 Å². The second-order valence-electron chi connectivity index (χ2n) is 7.60. The molecule has 0 bridgehead atoms. The molecule has 4 heteroatoms. The molecule has 1 saturated carbocycles. The largest absolute Gasteiger partial charge is 0.493 e. The molecular weight excluding hydrogens is 348 g/mol. The van der Waals surface area contributed by atoms with Crippen molar-refractivity contribution < 1.29 is 9.47 Å². The molecule has 1 aromatic heterocycles. The molecule has 0 spiro atoms. The van der Waals surface area contributed by atoms with E-state index in [0.29, 0.717) is 6.10 Å². The van der Waals surface area contributed by atoms with Gasteiger partial charge >= 0.3 is 0 Å². The van der Waals surface area contributed by atoms with E-state index in [9.17, 15) is 0 Å². The number of aromatic nitrogens is 2. The number of hydrogen-bond acceptors (Lipinski definition) is 3. The third kappa shape index (κ3) is 4.06. The van der Waals surface area contributed by atoms with E-state index in [4.69, 9.17) is 9.47 Å². The summed E-state index contributed by atoms with van der Waals surface area (Å²) in [5, 5.41) is 0. The molecule has 4 nitrogen and oxygen atoms in total. The number of ether oxygens (including phenoxy) is 2. The van der Waals surface area contributed by atoms with Gasteiger partial charge in [-0.2, -0.15) is 0 Å². The zero-order valence-electron chi connectivity index (χ0n) is 16.7. The number of nitrogens with zero attached hydrogens (tertiary/aromatic N) is 2. The fourth-order valence-corrected chi connectivity index (χ4v) is 4.09. The Hall–Kier alpha value is -2.75. The Morgan fingerprint density at radius 2 is 1.82 bits per heavy atom. The number of aryl methyl sites for hydroxylation is 1. The van der Waals surface area contributed by atoms with Crippen molar-refractivity contribution in [2.75, 3.05) is 7.11 Å². The SMILES string of the molecule is COc1ccc(C(Cc2cncn2C)c2ccccc2)cc1OC1CCCC1. The first-order chi connectivity index (χ1) is 13.7. The van der Waals surface area contributed by atoms with Crippen LogP contribution in [0.25, 0.3) is 0 Å². The fraction of sp³-hybridized carbons (Fsp3) is 0.375. The standard InChI is InChI=1S/C24H28N2O2/c1-26-17-25-16-20(26)15-22(18-8-4-3-5-9-18)19-12-13-23(27-2)24(14-19)28-21-10-6-7-11-21/h3-5,8-9,12-14,16-17,21-22H,6-7,10-11,15H2,1-2H3. The van der Waals surface area contributed by atoms with Crippen LogP contribution in [0.1, 0.15) is 48.4 Å². The summed E-state index contributed by atoms with van der Waals surface area (Å²) in [4.78, 5) is 4.29. The van der Waals surface area contributed by atoms with E-state index in [1.807, 2.05) is 25.6 Å². The van der Waals surface area contributed by atoms with Crippen molar-refractivity contribution in [1.29, 1.82) is 0 Å². The molecule has 28 heavy (non-hydrogen) atoms. The summed E-state index contributed by atoms with van der Waals surface area (Å²) < 4.78 is 14.0. The molecule has 0 amide bonds. The van der Waals surface area contributed by atoms with Gasteiger partial charge in [0.15, 0.2) is 11.5 Å². The van der Waals surface area contributed by atoms with Gasteiger partial charge in [0, 0.05) is 31.3 Å². The molecule has 0 N–H and O–H groups in total. The van der Waals surface area contributed by atoms with E-state index in [0.717, 1.165) is 30.8 Å². The summed E-state index contributed by atoms with van der Waals surface area (Å²) in [7, 11) is 3.76. The van der Waals surface area contributed by atoms with Crippen LogP contribution >= 0.6 is 0 Å². The Bertz CT molecular complexity index is 898. The van der Waals surface area contributed by atoms with Crippen LogP contribution in [0.15, 0.2) is 61.1 Å². The van der Waals surface area contributed by atoms with E-state index >= 15 is 0 Å². The highest BCUT2D eigenvalue weighted by molar-refractivity contribution is 5.46. The van der Waals surface area contributed by atoms with E-state index in [1.165, 1.54) is 29.7 Å².